The fourth-order valence-corrected chi connectivity index (χ4v) is 3.34. The molecule has 2 rings (SSSR count). The number of carboxylic acids is 1. The third-order valence-electron chi connectivity index (χ3n) is 2.77. The summed E-state index contributed by atoms with van der Waals surface area (Å²) in [6.45, 7) is 0. The van der Waals surface area contributed by atoms with Crippen LogP contribution in [0.3, 0.4) is 0 Å². The molecular formula is C12H10BrN3O3S. The molecule has 1 aromatic carbocycles. The van der Waals surface area contributed by atoms with E-state index in [9.17, 15) is 9.59 Å². The molecule has 1 aliphatic heterocycles. The number of nitrogens with zero attached hydrogens (tertiary/aromatic N) is 2. The predicted molar refractivity (Wildman–Crippen MR) is 78.5 cm³/mol. The Morgan fingerprint density at radius 3 is 2.90 bits per heavy atom. The van der Waals surface area contributed by atoms with Crippen LogP contribution in [0.4, 0.5) is 10.5 Å². The van der Waals surface area contributed by atoms with Crippen molar-refractivity contribution in [1.29, 1.82) is 5.26 Å². The number of rotatable bonds is 2. The van der Waals surface area contributed by atoms with Gasteiger partial charge in [-0.1, -0.05) is 0 Å². The number of nitrogens with one attached hydrogen (secondary N) is 1. The largest absolute Gasteiger partial charge is 0.480 e. The van der Waals surface area contributed by atoms with Crippen LogP contribution in [0.1, 0.15) is 5.56 Å². The van der Waals surface area contributed by atoms with Gasteiger partial charge in [0.2, 0.25) is 0 Å². The topological polar surface area (TPSA) is 93.4 Å². The molecular weight excluding hydrogens is 346 g/mol. The summed E-state index contributed by atoms with van der Waals surface area (Å²) in [4.78, 5) is 24.4. The van der Waals surface area contributed by atoms with Gasteiger partial charge in [0.25, 0.3) is 0 Å². The van der Waals surface area contributed by atoms with E-state index in [1.807, 2.05) is 6.07 Å². The molecule has 1 fully saturated rings. The van der Waals surface area contributed by atoms with Crippen LogP contribution >= 0.6 is 27.7 Å². The maximum absolute atomic E-state index is 12.1. The second kappa shape index (κ2) is 6.15. The standard InChI is InChI=1S/C12H10BrN3O3S/c13-8-3-7(4-14)1-2-9(8)15-12(19)16-6-20-5-10(16)11(17)18/h1-3,10H,5-6H2,(H,15,19)(H,17,18)/t10-/m0/s1. The van der Waals surface area contributed by atoms with Gasteiger partial charge in [-0.05, 0) is 34.1 Å². The molecule has 1 aromatic rings. The SMILES string of the molecule is N#Cc1ccc(NC(=O)N2CSC[C@H]2C(=O)O)c(Br)c1. The van der Waals surface area contributed by atoms with Crippen molar-refractivity contribution in [3.05, 3.63) is 28.2 Å². The molecule has 0 aliphatic carbocycles. The molecule has 2 amide bonds. The molecule has 0 saturated carbocycles. The summed E-state index contributed by atoms with van der Waals surface area (Å²) in [5.74, 6) is -0.280. The summed E-state index contributed by atoms with van der Waals surface area (Å²) in [5, 5.41) is 20.5. The van der Waals surface area contributed by atoms with Crippen molar-refractivity contribution in [3.8, 4) is 6.07 Å². The van der Waals surface area contributed by atoms with E-state index in [0.29, 0.717) is 27.4 Å². The van der Waals surface area contributed by atoms with E-state index in [1.54, 1.807) is 18.2 Å². The Morgan fingerprint density at radius 2 is 2.30 bits per heavy atom. The van der Waals surface area contributed by atoms with Gasteiger partial charge in [0, 0.05) is 10.2 Å². The summed E-state index contributed by atoms with van der Waals surface area (Å²) in [7, 11) is 0. The number of carbonyl (C=O) groups excluding carboxylic acids is 1. The minimum Gasteiger partial charge on any atom is -0.480 e. The molecule has 0 radical (unpaired) electrons. The summed E-state index contributed by atoms with van der Waals surface area (Å²) in [5.41, 5.74) is 0.963. The minimum absolute atomic E-state index is 0.344. The highest BCUT2D eigenvalue weighted by molar-refractivity contribution is 9.10. The zero-order valence-electron chi connectivity index (χ0n) is 10.2. The second-order valence-electron chi connectivity index (χ2n) is 4.06. The molecule has 2 N–H and O–H groups in total. The van der Waals surface area contributed by atoms with Gasteiger partial charge in [-0.3, -0.25) is 0 Å². The Kier molecular flexibility index (Phi) is 4.52. The van der Waals surface area contributed by atoms with Crippen LogP contribution in [-0.2, 0) is 4.79 Å². The first-order valence-corrected chi connectivity index (χ1v) is 7.55. The zero-order chi connectivity index (χ0) is 14.7. The van der Waals surface area contributed by atoms with Crippen molar-refractivity contribution in [2.75, 3.05) is 16.9 Å². The monoisotopic (exact) mass is 355 g/mol. The van der Waals surface area contributed by atoms with Gasteiger partial charge in [0.15, 0.2) is 0 Å². The maximum Gasteiger partial charge on any atom is 0.327 e. The van der Waals surface area contributed by atoms with E-state index in [2.05, 4.69) is 21.2 Å². The average molecular weight is 356 g/mol. The molecule has 0 unspecified atom stereocenters. The number of carboxylic acid groups (broad SMARTS) is 1. The van der Waals surface area contributed by atoms with Crippen LogP contribution in [0.15, 0.2) is 22.7 Å². The Hall–Kier alpha value is -1.72. The first-order valence-electron chi connectivity index (χ1n) is 5.60. The highest BCUT2D eigenvalue weighted by Crippen LogP contribution is 2.26. The smallest absolute Gasteiger partial charge is 0.327 e. The van der Waals surface area contributed by atoms with Crippen molar-refractivity contribution in [1.82, 2.24) is 4.90 Å². The molecule has 1 heterocycles. The quantitative estimate of drug-likeness (QED) is 0.848. The number of nitriles is 1. The van der Waals surface area contributed by atoms with Gasteiger partial charge in [0.05, 0.1) is 23.2 Å². The highest BCUT2D eigenvalue weighted by Gasteiger charge is 2.34. The second-order valence-corrected chi connectivity index (χ2v) is 5.91. The maximum atomic E-state index is 12.1. The number of halogens is 1. The molecule has 1 aliphatic rings. The normalized spacial score (nSPS) is 17.6. The van der Waals surface area contributed by atoms with Crippen LogP contribution in [0.25, 0.3) is 0 Å². The molecule has 1 atom stereocenters. The van der Waals surface area contributed by atoms with Gasteiger partial charge in [-0.15, -0.1) is 11.8 Å². The fourth-order valence-electron chi connectivity index (χ4n) is 1.72. The average Bonchev–Trinajstić information content (AvgIpc) is 2.90. The molecule has 0 spiro atoms. The molecule has 6 nitrogen and oxygen atoms in total. The number of benzene rings is 1. The number of thioether (sulfide) groups is 1. The van der Waals surface area contributed by atoms with Crippen molar-refractivity contribution >= 4 is 45.4 Å². The number of anilines is 1. The number of urea groups is 1. The third kappa shape index (κ3) is 3.05. The number of amides is 2. The predicted octanol–water partition coefficient (Wildman–Crippen LogP) is 2.31. The van der Waals surface area contributed by atoms with Crippen molar-refractivity contribution in [2.24, 2.45) is 0 Å². The number of carbonyl (C=O) groups is 2. The summed E-state index contributed by atoms with van der Waals surface area (Å²) >= 11 is 4.66. The van der Waals surface area contributed by atoms with Crippen LogP contribution in [0, 0.1) is 11.3 Å². The molecule has 104 valence electrons. The van der Waals surface area contributed by atoms with E-state index in [1.165, 1.54) is 16.7 Å². The number of hydrogen-bond acceptors (Lipinski definition) is 4. The lowest BCUT2D eigenvalue weighted by molar-refractivity contribution is -0.140. The lowest BCUT2D eigenvalue weighted by Gasteiger charge is -2.21. The van der Waals surface area contributed by atoms with Crippen LogP contribution in [-0.4, -0.2) is 39.7 Å². The number of aliphatic carboxylic acids is 1. The van der Waals surface area contributed by atoms with E-state index in [0.717, 1.165) is 0 Å². The van der Waals surface area contributed by atoms with Gasteiger partial charge in [-0.2, -0.15) is 5.26 Å². The first kappa shape index (κ1) is 14.7. The third-order valence-corrected chi connectivity index (χ3v) is 4.44. The Bertz CT molecular complexity index is 602. The molecule has 0 bridgehead atoms. The zero-order valence-corrected chi connectivity index (χ0v) is 12.6. The lowest BCUT2D eigenvalue weighted by Crippen LogP contribution is -2.44. The Labute approximate surface area is 127 Å². The molecule has 0 aromatic heterocycles. The summed E-state index contributed by atoms with van der Waals surface area (Å²) in [6.07, 6.45) is 0. The van der Waals surface area contributed by atoms with Gasteiger partial charge in [0.1, 0.15) is 6.04 Å². The van der Waals surface area contributed by atoms with E-state index in [4.69, 9.17) is 10.4 Å². The summed E-state index contributed by atoms with van der Waals surface area (Å²) < 4.78 is 0.573. The van der Waals surface area contributed by atoms with Crippen LogP contribution in [0.5, 0.6) is 0 Å². The highest BCUT2D eigenvalue weighted by atomic mass is 79.9. The van der Waals surface area contributed by atoms with Crippen LogP contribution < -0.4 is 5.32 Å². The Balaban J connectivity index is 2.12. The molecule has 8 heteroatoms. The van der Waals surface area contributed by atoms with Gasteiger partial charge in [-0.25, -0.2) is 9.59 Å². The lowest BCUT2D eigenvalue weighted by atomic mass is 10.2. The number of hydrogen-bond donors (Lipinski definition) is 2. The van der Waals surface area contributed by atoms with Crippen molar-refractivity contribution < 1.29 is 14.7 Å². The summed E-state index contributed by atoms with van der Waals surface area (Å²) in [6, 6.07) is 5.48. The van der Waals surface area contributed by atoms with Crippen molar-refractivity contribution in [3.63, 3.8) is 0 Å². The van der Waals surface area contributed by atoms with Gasteiger partial charge < -0.3 is 15.3 Å². The van der Waals surface area contributed by atoms with E-state index in [-0.39, 0.29) is 0 Å². The molecule has 1 saturated heterocycles. The van der Waals surface area contributed by atoms with E-state index >= 15 is 0 Å². The fraction of sp³-hybridized carbons (Fsp3) is 0.250. The van der Waals surface area contributed by atoms with E-state index < -0.39 is 18.0 Å². The first-order chi connectivity index (χ1) is 9.52. The Morgan fingerprint density at radius 1 is 1.55 bits per heavy atom. The minimum atomic E-state index is -1.01. The van der Waals surface area contributed by atoms with Crippen LogP contribution in [0.2, 0.25) is 0 Å². The van der Waals surface area contributed by atoms with Crippen molar-refractivity contribution in [2.45, 2.75) is 6.04 Å². The molecule has 20 heavy (non-hydrogen) atoms. The van der Waals surface area contributed by atoms with Gasteiger partial charge >= 0.3 is 12.0 Å².